The minimum atomic E-state index is -0.483. The van der Waals surface area contributed by atoms with Crippen LogP contribution in [0.3, 0.4) is 0 Å². The topological polar surface area (TPSA) is 73.1 Å². The summed E-state index contributed by atoms with van der Waals surface area (Å²) in [7, 11) is 0. The Morgan fingerprint density at radius 3 is 2.75 bits per heavy atom. The van der Waals surface area contributed by atoms with Gasteiger partial charge in [0.1, 0.15) is 5.75 Å². The van der Waals surface area contributed by atoms with Crippen molar-refractivity contribution in [2.45, 2.75) is 6.92 Å². The van der Waals surface area contributed by atoms with Crippen LogP contribution in [0.2, 0.25) is 5.02 Å². The van der Waals surface area contributed by atoms with E-state index in [-0.39, 0.29) is 11.3 Å². The summed E-state index contributed by atoms with van der Waals surface area (Å²) >= 11 is 5.81. The van der Waals surface area contributed by atoms with E-state index < -0.39 is 5.91 Å². The van der Waals surface area contributed by atoms with Crippen molar-refractivity contribution in [3.8, 4) is 11.8 Å². The number of aryl methyl sites for hydroxylation is 1. The normalized spacial score (nSPS) is 9.85. The van der Waals surface area contributed by atoms with E-state index in [1.807, 2.05) is 13.0 Å². The molecule has 0 aliphatic carbocycles. The van der Waals surface area contributed by atoms with E-state index >= 15 is 0 Å². The van der Waals surface area contributed by atoms with Crippen LogP contribution in [0.4, 0.5) is 5.69 Å². The molecule has 2 aromatic rings. The van der Waals surface area contributed by atoms with E-state index in [0.29, 0.717) is 16.3 Å². The molecular formula is C15H11ClN2O2. The van der Waals surface area contributed by atoms with E-state index in [0.717, 1.165) is 5.56 Å². The van der Waals surface area contributed by atoms with Gasteiger partial charge in [-0.15, -0.1) is 0 Å². The molecule has 2 aromatic carbocycles. The number of aromatic hydroxyl groups is 1. The number of nitrogens with zero attached hydrogens (tertiary/aromatic N) is 1. The van der Waals surface area contributed by atoms with E-state index in [4.69, 9.17) is 16.9 Å². The van der Waals surface area contributed by atoms with Crippen molar-refractivity contribution in [3.05, 3.63) is 58.1 Å². The van der Waals surface area contributed by atoms with Crippen molar-refractivity contribution in [1.82, 2.24) is 0 Å². The van der Waals surface area contributed by atoms with Crippen molar-refractivity contribution in [2.75, 3.05) is 5.32 Å². The first kappa shape index (κ1) is 13.9. The molecule has 0 fully saturated rings. The third-order valence-electron chi connectivity index (χ3n) is 2.82. The summed E-state index contributed by atoms with van der Waals surface area (Å²) in [5, 5.41) is 21.6. The first-order chi connectivity index (χ1) is 9.51. The quantitative estimate of drug-likeness (QED) is 0.887. The van der Waals surface area contributed by atoms with Gasteiger partial charge in [0.05, 0.1) is 17.2 Å². The van der Waals surface area contributed by atoms with Gasteiger partial charge >= 0.3 is 0 Å². The number of rotatable bonds is 2. The second-order valence-electron chi connectivity index (χ2n) is 4.26. The van der Waals surface area contributed by atoms with Crippen LogP contribution < -0.4 is 5.32 Å². The molecule has 4 nitrogen and oxygen atoms in total. The van der Waals surface area contributed by atoms with Crippen LogP contribution >= 0.6 is 11.6 Å². The van der Waals surface area contributed by atoms with E-state index in [1.54, 1.807) is 18.2 Å². The van der Waals surface area contributed by atoms with Crippen LogP contribution in [0.15, 0.2) is 36.4 Å². The van der Waals surface area contributed by atoms with Crippen LogP contribution in [-0.2, 0) is 0 Å². The highest BCUT2D eigenvalue weighted by atomic mass is 35.5. The van der Waals surface area contributed by atoms with Crippen molar-refractivity contribution < 1.29 is 9.90 Å². The van der Waals surface area contributed by atoms with Gasteiger partial charge in [0.15, 0.2) is 0 Å². The Morgan fingerprint density at radius 1 is 1.30 bits per heavy atom. The average Bonchev–Trinajstić information content (AvgIpc) is 2.43. The highest BCUT2D eigenvalue weighted by molar-refractivity contribution is 6.31. The number of amides is 1. The number of carbonyl (C=O) groups is 1. The molecular weight excluding hydrogens is 276 g/mol. The Morgan fingerprint density at radius 2 is 2.05 bits per heavy atom. The summed E-state index contributed by atoms with van der Waals surface area (Å²) in [5.74, 6) is -0.635. The van der Waals surface area contributed by atoms with Gasteiger partial charge in [-0.25, -0.2) is 0 Å². The minimum absolute atomic E-state index is 0.0826. The molecule has 1 amide bonds. The van der Waals surface area contributed by atoms with Gasteiger partial charge in [-0.1, -0.05) is 17.7 Å². The van der Waals surface area contributed by atoms with Gasteiger partial charge in [-0.2, -0.15) is 5.26 Å². The van der Waals surface area contributed by atoms with Gasteiger partial charge in [-0.3, -0.25) is 4.79 Å². The molecule has 5 heteroatoms. The maximum Gasteiger partial charge on any atom is 0.259 e. The number of phenolic OH excluding ortho intramolecular Hbond substituents is 1. The summed E-state index contributed by atoms with van der Waals surface area (Å²) < 4.78 is 0. The van der Waals surface area contributed by atoms with Crippen LogP contribution in [0.1, 0.15) is 21.5 Å². The average molecular weight is 287 g/mol. The van der Waals surface area contributed by atoms with Gasteiger partial charge in [0, 0.05) is 10.7 Å². The Hall–Kier alpha value is -2.51. The van der Waals surface area contributed by atoms with Gasteiger partial charge in [-0.05, 0) is 42.8 Å². The molecule has 0 aliphatic rings. The number of hydrogen-bond acceptors (Lipinski definition) is 3. The second-order valence-corrected chi connectivity index (χ2v) is 4.69. The molecule has 0 heterocycles. The molecule has 0 radical (unpaired) electrons. The summed E-state index contributed by atoms with van der Waals surface area (Å²) in [6.45, 7) is 1.81. The zero-order chi connectivity index (χ0) is 14.7. The van der Waals surface area contributed by atoms with Crippen LogP contribution in [0, 0.1) is 18.3 Å². The first-order valence-electron chi connectivity index (χ1n) is 5.82. The Bertz CT molecular complexity index is 720. The van der Waals surface area contributed by atoms with Crippen molar-refractivity contribution in [1.29, 1.82) is 5.26 Å². The van der Waals surface area contributed by atoms with Crippen molar-refractivity contribution in [2.24, 2.45) is 0 Å². The smallest absolute Gasteiger partial charge is 0.259 e. The van der Waals surface area contributed by atoms with E-state index in [1.165, 1.54) is 18.2 Å². The molecule has 0 atom stereocenters. The maximum absolute atomic E-state index is 12.1. The SMILES string of the molecule is Cc1ccc(C#N)cc1NC(=O)c1cc(Cl)ccc1O. The van der Waals surface area contributed by atoms with Crippen molar-refractivity contribution >= 4 is 23.2 Å². The standard InChI is InChI=1S/C15H11ClN2O2/c1-9-2-3-10(8-17)6-13(9)18-15(20)12-7-11(16)4-5-14(12)19/h2-7,19H,1H3,(H,18,20). The number of anilines is 1. The minimum Gasteiger partial charge on any atom is -0.507 e. The molecule has 0 aromatic heterocycles. The summed E-state index contributed by atoms with van der Waals surface area (Å²) in [6, 6.07) is 11.2. The fraction of sp³-hybridized carbons (Fsp3) is 0.0667. The molecule has 0 saturated heterocycles. The number of nitrogens with one attached hydrogen (secondary N) is 1. The van der Waals surface area contributed by atoms with Gasteiger partial charge in [0.2, 0.25) is 0 Å². The number of carbonyl (C=O) groups excluding carboxylic acids is 1. The molecule has 20 heavy (non-hydrogen) atoms. The Kier molecular flexibility index (Phi) is 3.92. The molecule has 2 N–H and O–H groups in total. The molecule has 0 spiro atoms. The molecule has 0 saturated carbocycles. The number of phenols is 1. The largest absolute Gasteiger partial charge is 0.507 e. The third kappa shape index (κ3) is 2.90. The third-order valence-corrected chi connectivity index (χ3v) is 3.05. The molecule has 0 aliphatic heterocycles. The zero-order valence-electron chi connectivity index (χ0n) is 10.6. The number of hydrogen-bond donors (Lipinski definition) is 2. The maximum atomic E-state index is 12.1. The lowest BCUT2D eigenvalue weighted by Gasteiger charge is -2.10. The molecule has 0 bridgehead atoms. The van der Waals surface area contributed by atoms with E-state index in [9.17, 15) is 9.90 Å². The summed E-state index contributed by atoms with van der Waals surface area (Å²) in [5.41, 5.74) is 1.87. The highest BCUT2D eigenvalue weighted by Crippen LogP contribution is 2.24. The van der Waals surface area contributed by atoms with Crippen LogP contribution in [0.5, 0.6) is 5.75 Å². The van der Waals surface area contributed by atoms with Crippen molar-refractivity contribution in [3.63, 3.8) is 0 Å². The van der Waals surface area contributed by atoms with Crippen LogP contribution in [-0.4, -0.2) is 11.0 Å². The predicted octanol–water partition coefficient (Wildman–Crippen LogP) is 3.48. The van der Waals surface area contributed by atoms with E-state index in [2.05, 4.69) is 5.32 Å². The fourth-order valence-corrected chi connectivity index (χ4v) is 1.88. The fourth-order valence-electron chi connectivity index (χ4n) is 1.71. The predicted molar refractivity (Wildman–Crippen MR) is 77.0 cm³/mol. The number of nitriles is 1. The lowest BCUT2D eigenvalue weighted by Crippen LogP contribution is -2.13. The monoisotopic (exact) mass is 286 g/mol. The Labute approximate surface area is 121 Å². The summed E-state index contributed by atoms with van der Waals surface area (Å²) in [6.07, 6.45) is 0. The van der Waals surface area contributed by atoms with Crippen LogP contribution in [0.25, 0.3) is 0 Å². The zero-order valence-corrected chi connectivity index (χ0v) is 11.4. The first-order valence-corrected chi connectivity index (χ1v) is 6.19. The Balaban J connectivity index is 2.33. The molecule has 2 rings (SSSR count). The molecule has 100 valence electrons. The molecule has 0 unspecified atom stereocenters. The lowest BCUT2D eigenvalue weighted by atomic mass is 10.1. The highest BCUT2D eigenvalue weighted by Gasteiger charge is 2.13. The van der Waals surface area contributed by atoms with Gasteiger partial charge < -0.3 is 10.4 Å². The lowest BCUT2D eigenvalue weighted by molar-refractivity contribution is 0.102. The van der Waals surface area contributed by atoms with Gasteiger partial charge in [0.25, 0.3) is 5.91 Å². The number of benzene rings is 2. The summed E-state index contributed by atoms with van der Waals surface area (Å²) in [4.78, 5) is 12.1. The second kappa shape index (κ2) is 5.64. The number of halogens is 1.